The van der Waals surface area contributed by atoms with Crippen molar-refractivity contribution in [3.05, 3.63) is 78.1 Å². The van der Waals surface area contributed by atoms with E-state index in [9.17, 15) is 14.4 Å². The Kier molecular flexibility index (Phi) is 5.59. The number of imidazole rings is 1. The predicted molar refractivity (Wildman–Crippen MR) is 102 cm³/mol. The average Bonchev–Trinajstić information content (AvgIpc) is 3.09. The predicted octanol–water partition coefficient (Wildman–Crippen LogP) is 0.971. The third kappa shape index (κ3) is 4.12. The van der Waals surface area contributed by atoms with Crippen LogP contribution in [0.1, 0.15) is 21.9 Å². The van der Waals surface area contributed by atoms with E-state index in [0.717, 1.165) is 11.3 Å². The summed E-state index contributed by atoms with van der Waals surface area (Å²) in [5.74, 6) is -2.45. The lowest BCUT2D eigenvalue weighted by molar-refractivity contribution is -0.137. The third-order valence-corrected chi connectivity index (χ3v) is 4.21. The molecule has 2 heterocycles. The van der Waals surface area contributed by atoms with Crippen LogP contribution in [0.4, 0.5) is 0 Å². The fourth-order valence-electron chi connectivity index (χ4n) is 2.87. The number of rotatable bonds is 7. The second-order valence-corrected chi connectivity index (χ2v) is 6.21. The Balaban J connectivity index is 1.89. The van der Waals surface area contributed by atoms with Crippen molar-refractivity contribution in [3.63, 3.8) is 0 Å². The van der Waals surface area contributed by atoms with Gasteiger partial charge in [-0.1, -0.05) is 30.3 Å². The van der Waals surface area contributed by atoms with Crippen LogP contribution in [0.5, 0.6) is 0 Å². The van der Waals surface area contributed by atoms with Gasteiger partial charge in [-0.2, -0.15) is 0 Å². The summed E-state index contributed by atoms with van der Waals surface area (Å²) in [5.41, 5.74) is 7.39. The van der Waals surface area contributed by atoms with Crippen molar-refractivity contribution in [2.75, 3.05) is 0 Å². The van der Waals surface area contributed by atoms with Gasteiger partial charge in [0.25, 0.3) is 11.8 Å². The van der Waals surface area contributed by atoms with E-state index in [1.54, 1.807) is 54.3 Å². The number of benzene rings is 1. The van der Waals surface area contributed by atoms with Crippen molar-refractivity contribution < 1.29 is 14.4 Å². The number of ketones is 1. The lowest BCUT2D eigenvalue weighted by Crippen LogP contribution is -2.47. The number of carbonyl (C=O) groups excluding carboxylic acids is 3. The van der Waals surface area contributed by atoms with Crippen molar-refractivity contribution in [1.29, 1.82) is 0 Å². The molecule has 2 aromatic heterocycles. The molecule has 0 spiro atoms. The smallest absolute Gasteiger partial charge is 0.288 e. The van der Waals surface area contributed by atoms with Crippen LogP contribution in [-0.2, 0) is 16.0 Å². The molecule has 3 aromatic rings. The van der Waals surface area contributed by atoms with Gasteiger partial charge < -0.3 is 11.1 Å². The molecule has 3 N–H and O–H groups in total. The summed E-state index contributed by atoms with van der Waals surface area (Å²) < 4.78 is 1.64. The number of nitrogens with one attached hydrogen (secondary N) is 1. The second-order valence-electron chi connectivity index (χ2n) is 6.21. The van der Waals surface area contributed by atoms with Crippen molar-refractivity contribution in [2.24, 2.45) is 5.73 Å². The standard InChI is InChI=1S/C20H19N5O3/c1-13-12-23-19(25(13)15-7-9-22-10-8-15)20(28)24-16(17(26)18(21)27)11-14-5-3-2-4-6-14/h2-10,12,16H,11H2,1H3,(H2,21,27)(H,24,28). The zero-order chi connectivity index (χ0) is 20.1. The molecule has 0 aliphatic carbocycles. The van der Waals surface area contributed by atoms with Crippen molar-refractivity contribution in [1.82, 2.24) is 19.9 Å². The van der Waals surface area contributed by atoms with E-state index in [1.165, 1.54) is 0 Å². The van der Waals surface area contributed by atoms with E-state index in [-0.39, 0.29) is 12.2 Å². The summed E-state index contributed by atoms with van der Waals surface area (Å²) in [6.45, 7) is 1.81. The molecule has 0 fully saturated rings. The molecular formula is C20H19N5O3. The van der Waals surface area contributed by atoms with E-state index in [4.69, 9.17) is 5.73 Å². The van der Waals surface area contributed by atoms with Gasteiger partial charge in [-0.15, -0.1) is 0 Å². The molecule has 0 bridgehead atoms. The van der Waals surface area contributed by atoms with Crippen LogP contribution >= 0.6 is 0 Å². The summed E-state index contributed by atoms with van der Waals surface area (Å²) in [5, 5.41) is 2.60. The Morgan fingerprint density at radius 2 is 1.79 bits per heavy atom. The molecule has 1 aromatic carbocycles. The summed E-state index contributed by atoms with van der Waals surface area (Å²) in [4.78, 5) is 44.7. The molecule has 0 aliphatic rings. The van der Waals surface area contributed by atoms with Gasteiger partial charge in [0.05, 0.1) is 5.69 Å². The maximum absolute atomic E-state index is 12.9. The van der Waals surface area contributed by atoms with Gasteiger partial charge in [-0.05, 0) is 24.6 Å². The normalized spacial score (nSPS) is 11.6. The Labute approximate surface area is 161 Å². The molecule has 1 atom stereocenters. The minimum absolute atomic E-state index is 0.0963. The molecule has 142 valence electrons. The van der Waals surface area contributed by atoms with E-state index < -0.39 is 23.6 Å². The van der Waals surface area contributed by atoms with Crippen molar-refractivity contribution in [3.8, 4) is 5.69 Å². The Morgan fingerprint density at radius 3 is 2.43 bits per heavy atom. The number of aryl methyl sites for hydroxylation is 1. The molecule has 2 amide bonds. The molecule has 28 heavy (non-hydrogen) atoms. The van der Waals surface area contributed by atoms with E-state index in [1.807, 2.05) is 18.2 Å². The van der Waals surface area contributed by atoms with Crippen LogP contribution in [0, 0.1) is 6.92 Å². The first-order valence-corrected chi connectivity index (χ1v) is 8.60. The van der Waals surface area contributed by atoms with Gasteiger partial charge in [0, 0.05) is 30.7 Å². The number of amides is 2. The van der Waals surface area contributed by atoms with Crippen LogP contribution in [-0.4, -0.2) is 38.2 Å². The Hall–Kier alpha value is -3.81. The number of nitrogens with two attached hydrogens (primary N) is 1. The minimum atomic E-state index is -1.10. The highest BCUT2D eigenvalue weighted by Gasteiger charge is 2.27. The van der Waals surface area contributed by atoms with E-state index in [0.29, 0.717) is 5.69 Å². The number of primary amides is 1. The number of nitrogens with zero attached hydrogens (tertiary/aromatic N) is 3. The van der Waals surface area contributed by atoms with Crippen LogP contribution in [0.3, 0.4) is 0 Å². The topological polar surface area (TPSA) is 120 Å². The summed E-state index contributed by atoms with van der Waals surface area (Å²) >= 11 is 0. The molecule has 0 saturated heterocycles. The highest BCUT2D eigenvalue weighted by molar-refractivity contribution is 6.38. The number of carbonyl (C=O) groups is 3. The van der Waals surface area contributed by atoms with E-state index in [2.05, 4.69) is 15.3 Å². The Bertz CT molecular complexity index is 999. The molecule has 8 heteroatoms. The van der Waals surface area contributed by atoms with Crippen LogP contribution in [0.25, 0.3) is 5.69 Å². The molecule has 0 radical (unpaired) electrons. The maximum Gasteiger partial charge on any atom is 0.288 e. The average molecular weight is 377 g/mol. The van der Waals surface area contributed by atoms with Crippen molar-refractivity contribution >= 4 is 17.6 Å². The summed E-state index contributed by atoms with van der Waals surface area (Å²) in [6.07, 6.45) is 4.90. The van der Waals surface area contributed by atoms with Gasteiger partial charge in [0.2, 0.25) is 11.6 Å². The highest BCUT2D eigenvalue weighted by Crippen LogP contribution is 2.14. The Morgan fingerprint density at radius 1 is 1.11 bits per heavy atom. The van der Waals surface area contributed by atoms with Gasteiger partial charge in [0.15, 0.2) is 0 Å². The maximum atomic E-state index is 12.9. The third-order valence-electron chi connectivity index (χ3n) is 4.21. The SMILES string of the molecule is Cc1cnc(C(=O)NC(Cc2ccccc2)C(=O)C(N)=O)n1-c1ccncc1. The monoisotopic (exact) mass is 377 g/mol. The van der Waals surface area contributed by atoms with Gasteiger partial charge in [-0.3, -0.25) is 23.9 Å². The zero-order valence-electron chi connectivity index (χ0n) is 15.2. The largest absolute Gasteiger partial charge is 0.363 e. The van der Waals surface area contributed by atoms with E-state index >= 15 is 0 Å². The fraction of sp³-hybridized carbons (Fsp3) is 0.150. The number of pyridine rings is 1. The molecule has 0 saturated carbocycles. The summed E-state index contributed by atoms with van der Waals surface area (Å²) in [7, 11) is 0. The zero-order valence-corrected chi connectivity index (χ0v) is 15.2. The number of hydrogen-bond acceptors (Lipinski definition) is 5. The number of aromatic nitrogens is 3. The highest BCUT2D eigenvalue weighted by atomic mass is 16.2. The summed E-state index contributed by atoms with van der Waals surface area (Å²) in [6, 6.07) is 11.4. The first-order valence-electron chi connectivity index (χ1n) is 8.60. The van der Waals surface area contributed by atoms with Crippen LogP contribution in [0.15, 0.2) is 61.1 Å². The van der Waals surface area contributed by atoms with Gasteiger partial charge >= 0.3 is 0 Å². The minimum Gasteiger partial charge on any atom is -0.363 e. The first kappa shape index (κ1) is 19.0. The molecular weight excluding hydrogens is 358 g/mol. The second kappa shape index (κ2) is 8.26. The first-order chi connectivity index (χ1) is 13.5. The molecule has 1 unspecified atom stereocenters. The fourth-order valence-corrected chi connectivity index (χ4v) is 2.87. The van der Waals surface area contributed by atoms with Crippen LogP contribution in [0.2, 0.25) is 0 Å². The number of hydrogen-bond donors (Lipinski definition) is 2. The molecule has 8 nitrogen and oxygen atoms in total. The lowest BCUT2D eigenvalue weighted by atomic mass is 10.0. The van der Waals surface area contributed by atoms with Gasteiger partial charge in [-0.25, -0.2) is 4.98 Å². The molecule has 3 rings (SSSR count). The van der Waals surface area contributed by atoms with Crippen molar-refractivity contribution in [2.45, 2.75) is 19.4 Å². The lowest BCUT2D eigenvalue weighted by Gasteiger charge is -2.17. The molecule has 0 aliphatic heterocycles. The number of Topliss-reactive ketones (excluding diaryl/α,β-unsaturated/α-hetero) is 1. The van der Waals surface area contributed by atoms with Gasteiger partial charge in [0.1, 0.15) is 6.04 Å². The van der Waals surface area contributed by atoms with Crippen LogP contribution < -0.4 is 11.1 Å². The quantitative estimate of drug-likeness (QED) is 0.595.